The molecule has 4 aromatic carbocycles. The molecule has 0 aliphatic rings. The summed E-state index contributed by atoms with van der Waals surface area (Å²) in [5, 5.41) is 0. The predicted molar refractivity (Wildman–Crippen MR) is 134 cm³/mol. The average Bonchev–Trinajstić information content (AvgIpc) is 2.83. The van der Waals surface area contributed by atoms with E-state index >= 15 is 4.39 Å². The molecule has 0 amide bonds. The molecule has 4 aromatic rings. The van der Waals surface area contributed by atoms with Crippen molar-refractivity contribution in [1.29, 1.82) is 0 Å². The van der Waals surface area contributed by atoms with Gasteiger partial charge in [0.15, 0.2) is 0 Å². The van der Waals surface area contributed by atoms with Crippen LogP contribution in [0, 0.1) is 19.7 Å². The topological polar surface area (TPSA) is 0 Å². The Morgan fingerprint density at radius 3 is 1.43 bits per heavy atom. The zero-order valence-corrected chi connectivity index (χ0v) is 19.9. The van der Waals surface area contributed by atoms with Gasteiger partial charge in [0.25, 0.3) is 0 Å². The molecule has 4 rings (SSSR count). The van der Waals surface area contributed by atoms with E-state index in [1.165, 1.54) is 17.7 Å². The zero-order chi connectivity index (χ0) is 25.0. The largest absolute Gasteiger partial charge is 0.419 e. The molecule has 4 heteroatoms. The Balaban J connectivity index is 1.48. The first kappa shape index (κ1) is 24.7. The lowest BCUT2D eigenvalue weighted by Crippen LogP contribution is -2.15. The van der Waals surface area contributed by atoms with Crippen LogP contribution in [0.25, 0.3) is 11.1 Å². The third kappa shape index (κ3) is 6.19. The van der Waals surface area contributed by atoms with Gasteiger partial charge in [-0.1, -0.05) is 96.1 Å². The third-order valence-electron chi connectivity index (χ3n) is 6.42. The quantitative estimate of drug-likeness (QED) is 0.234. The van der Waals surface area contributed by atoms with Crippen LogP contribution in [0.1, 0.15) is 38.9 Å². The molecule has 0 bridgehead atoms. The van der Waals surface area contributed by atoms with Crippen LogP contribution >= 0.6 is 0 Å². The van der Waals surface area contributed by atoms with Gasteiger partial charge in [-0.2, -0.15) is 13.2 Å². The molecule has 0 aliphatic heterocycles. The van der Waals surface area contributed by atoms with Gasteiger partial charge in [-0.3, -0.25) is 0 Å². The summed E-state index contributed by atoms with van der Waals surface area (Å²) in [6, 6.07) is 26.7. The minimum atomic E-state index is -4.74. The number of halogens is 4. The van der Waals surface area contributed by atoms with Crippen molar-refractivity contribution in [1.82, 2.24) is 0 Å². The van der Waals surface area contributed by atoms with Crippen LogP contribution in [0.15, 0.2) is 84.9 Å². The maximum atomic E-state index is 15.1. The number of benzene rings is 4. The molecule has 0 spiro atoms. The summed E-state index contributed by atoms with van der Waals surface area (Å²) in [7, 11) is 0. The van der Waals surface area contributed by atoms with E-state index in [4.69, 9.17) is 0 Å². The van der Waals surface area contributed by atoms with Gasteiger partial charge in [0.1, 0.15) is 5.82 Å². The number of alkyl halides is 3. The van der Waals surface area contributed by atoms with Crippen molar-refractivity contribution in [3.05, 3.63) is 130 Å². The Labute approximate surface area is 204 Å². The highest BCUT2D eigenvalue weighted by molar-refractivity contribution is 5.63. The molecule has 0 nitrogen and oxygen atoms in total. The Kier molecular flexibility index (Phi) is 7.39. The van der Waals surface area contributed by atoms with Crippen molar-refractivity contribution in [3.63, 3.8) is 0 Å². The van der Waals surface area contributed by atoms with Gasteiger partial charge in [-0.05, 0) is 72.9 Å². The summed E-state index contributed by atoms with van der Waals surface area (Å²) in [5.74, 6) is -1.14. The van der Waals surface area contributed by atoms with Crippen LogP contribution in [0.4, 0.5) is 17.6 Å². The molecule has 180 valence electrons. The highest BCUT2D eigenvalue weighted by Crippen LogP contribution is 2.36. The molecule has 0 saturated carbocycles. The first-order valence-electron chi connectivity index (χ1n) is 11.8. The molecule has 0 atom stereocenters. The smallest absolute Gasteiger partial charge is 0.206 e. The van der Waals surface area contributed by atoms with Crippen LogP contribution in [0.5, 0.6) is 0 Å². The monoisotopic (exact) mass is 476 g/mol. The van der Waals surface area contributed by atoms with Crippen LogP contribution in [-0.4, -0.2) is 0 Å². The molecule has 0 radical (unpaired) electrons. The van der Waals surface area contributed by atoms with Gasteiger partial charge < -0.3 is 0 Å². The molecular weight excluding hydrogens is 448 g/mol. The SMILES string of the molecule is Cc1ccc(CCc2ccc(CCc3ccc(-c4ccc(C)cc4)cc3)c(F)c2C(F)(F)F)cc1. The van der Waals surface area contributed by atoms with E-state index in [1.54, 1.807) is 0 Å². The molecule has 0 aliphatic carbocycles. The second kappa shape index (κ2) is 10.5. The summed E-state index contributed by atoms with van der Waals surface area (Å²) >= 11 is 0. The van der Waals surface area contributed by atoms with Crippen molar-refractivity contribution in [2.45, 2.75) is 45.7 Å². The minimum absolute atomic E-state index is 0.00164. The highest BCUT2D eigenvalue weighted by Gasteiger charge is 2.37. The number of hydrogen-bond donors (Lipinski definition) is 0. The van der Waals surface area contributed by atoms with Gasteiger partial charge in [0.2, 0.25) is 0 Å². The van der Waals surface area contributed by atoms with Crippen LogP contribution in [-0.2, 0) is 31.9 Å². The predicted octanol–water partition coefficient (Wildman–Crippen LogP) is 8.70. The maximum Gasteiger partial charge on any atom is 0.419 e. The molecule has 35 heavy (non-hydrogen) atoms. The molecule has 0 N–H and O–H groups in total. The lowest BCUT2D eigenvalue weighted by Gasteiger charge is -2.17. The second-order valence-electron chi connectivity index (χ2n) is 9.12. The van der Waals surface area contributed by atoms with E-state index in [0.717, 1.165) is 27.8 Å². The van der Waals surface area contributed by atoms with Crippen LogP contribution in [0.2, 0.25) is 0 Å². The lowest BCUT2D eigenvalue weighted by molar-refractivity contribution is -0.140. The standard InChI is InChI=1S/C31H28F4/c1-21-3-7-23(8-4-21)11-17-27-19-20-28(30(32)29(27)31(33,34)35)18-12-24-9-15-26(16-10-24)25-13-5-22(2)6-14-25/h3-10,13-16,19-20H,11-12,17-18H2,1-2H3. The first-order chi connectivity index (χ1) is 16.7. The summed E-state index contributed by atoms with van der Waals surface area (Å²) in [5.41, 5.74) is 5.30. The minimum Gasteiger partial charge on any atom is -0.206 e. The Hall–Kier alpha value is -3.40. The number of aryl methyl sites for hydroxylation is 6. The van der Waals surface area contributed by atoms with Gasteiger partial charge in [-0.25, -0.2) is 4.39 Å². The summed E-state index contributed by atoms with van der Waals surface area (Å²) in [6.45, 7) is 3.99. The van der Waals surface area contributed by atoms with E-state index < -0.39 is 17.6 Å². The van der Waals surface area contributed by atoms with Gasteiger partial charge >= 0.3 is 6.18 Å². The second-order valence-corrected chi connectivity index (χ2v) is 9.12. The molecule has 0 aromatic heterocycles. The summed E-state index contributed by atoms with van der Waals surface area (Å²) in [6.07, 6.45) is -3.51. The van der Waals surface area contributed by atoms with Crippen molar-refractivity contribution in [2.75, 3.05) is 0 Å². The van der Waals surface area contributed by atoms with Crippen molar-refractivity contribution >= 4 is 0 Å². The van der Waals surface area contributed by atoms with Gasteiger partial charge in [-0.15, -0.1) is 0 Å². The van der Waals surface area contributed by atoms with E-state index in [0.29, 0.717) is 12.8 Å². The molecule has 0 unspecified atom stereocenters. The highest BCUT2D eigenvalue weighted by atomic mass is 19.4. The van der Waals surface area contributed by atoms with Crippen molar-refractivity contribution < 1.29 is 17.6 Å². The molecule has 0 fully saturated rings. The zero-order valence-electron chi connectivity index (χ0n) is 19.9. The molecular formula is C31H28F4. The maximum absolute atomic E-state index is 15.1. The van der Waals surface area contributed by atoms with Crippen LogP contribution < -0.4 is 0 Å². The van der Waals surface area contributed by atoms with E-state index in [-0.39, 0.29) is 24.0 Å². The molecule has 0 saturated heterocycles. The van der Waals surface area contributed by atoms with E-state index in [1.807, 2.05) is 62.4 Å². The molecule has 0 heterocycles. The third-order valence-corrected chi connectivity index (χ3v) is 6.42. The summed E-state index contributed by atoms with van der Waals surface area (Å²) in [4.78, 5) is 0. The van der Waals surface area contributed by atoms with Crippen molar-refractivity contribution in [2.24, 2.45) is 0 Å². The van der Waals surface area contributed by atoms with Gasteiger partial charge in [0.05, 0.1) is 5.56 Å². The normalized spacial score (nSPS) is 11.6. The Morgan fingerprint density at radius 1 is 0.514 bits per heavy atom. The Bertz CT molecular complexity index is 1270. The number of rotatable bonds is 7. The lowest BCUT2D eigenvalue weighted by atomic mass is 9.94. The average molecular weight is 477 g/mol. The first-order valence-corrected chi connectivity index (χ1v) is 11.8. The fraction of sp³-hybridized carbons (Fsp3) is 0.226. The van der Waals surface area contributed by atoms with Crippen molar-refractivity contribution in [3.8, 4) is 11.1 Å². The van der Waals surface area contributed by atoms with E-state index in [9.17, 15) is 13.2 Å². The van der Waals surface area contributed by atoms with Crippen LogP contribution in [0.3, 0.4) is 0 Å². The fourth-order valence-corrected chi connectivity index (χ4v) is 4.29. The van der Waals surface area contributed by atoms with Gasteiger partial charge in [0, 0.05) is 0 Å². The summed E-state index contributed by atoms with van der Waals surface area (Å²) < 4.78 is 56.6. The van der Waals surface area contributed by atoms with E-state index in [2.05, 4.69) is 24.3 Å². The Morgan fingerprint density at radius 2 is 0.914 bits per heavy atom. The number of hydrogen-bond acceptors (Lipinski definition) is 0. The fourth-order valence-electron chi connectivity index (χ4n) is 4.29.